The second-order valence-corrected chi connectivity index (χ2v) is 7.28. The van der Waals surface area contributed by atoms with Gasteiger partial charge in [-0.1, -0.05) is 0 Å². The van der Waals surface area contributed by atoms with Crippen LogP contribution in [-0.2, 0) is 4.74 Å². The maximum absolute atomic E-state index is 11.8. The van der Waals surface area contributed by atoms with Crippen LogP contribution in [-0.4, -0.2) is 36.9 Å². The fourth-order valence-corrected chi connectivity index (χ4v) is 3.24. The lowest BCUT2D eigenvalue weighted by molar-refractivity contribution is 0.0512. The van der Waals surface area contributed by atoms with E-state index in [9.17, 15) is 4.79 Å². The highest BCUT2D eigenvalue weighted by Gasteiger charge is 2.55. The van der Waals surface area contributed by atoms with Gasteiger partial charge in [-0.05, 0) is 58.3 Å². The van der Waals surface area contributed by atoms with Gasteiger partial charge in [0.15, 0.2) is 0 Å². The first-order chi connectivity index (χ1) is 9.35. The lowest BCUT2D eigenvalue weighted by Crippen LogP contribution is -2.39. The van der Waals surface area contributed by atoms with Crippen LogP contribution in [0.25, 0.3) is 0 Å². The number of rotatable bonds is 4. The molecule has 1 amide bonds. The number of nitrogens with one attached hydrogen (secondary N) is 2. The SMILES string of the molecule is CC(C)(C)OC(=O)NC1CC12CCC(NCCN)CC2. The summed E-state index contributed by atoms with van der Waals surface area (Å²) in [4.78, 5) is 11.8. The van der Waals surface area contributed by atoms with Gasteiger partial charge in [-0.2, -0.15) is 0 Å². The molecule has 1 atom stereocenters. The molecule has 4 N–H and O–H groups in total. The van der Waals surface area contributed by atoms with Crippen molar-refractivity contribution in [3.05, 3.63) is 0 Å². The molecule has 2 rings (SSSR count). The van der Waals surface area contributed by atoms with Gasteiger partial charge in [0.05, 0.1) is 0 Å². The van der Waals surface area contributed by atoms with Crippen molar-refractivity contribution in [1.29, 1.82) is 0 Å². The zero-order valence-electron chi connectivity index (χ0n) is 13.0. The first-order valence-corrected chi connectivity index (χ1v) is 7.78. The summed E-state index contributed by atoms with van der Waals surface area (Å²) in [6.45, 7) is 7.28. The third kappa shape index (κ3) is 4.09. The Morgan fingerprint density at radius 1 is 1.35 bits per heavy atom. The van der Waals surface area contributed by atoms with Gasteiger partial charge in [0.25, 0.3) is 0 Å². The van der Waals surface area contributed by atoms with Crippen molar-refractivity contribution >= 4 is 6.09 Å². The van der Waals surface area contributed by atoms with Crippen LogP contribution in [0, 0.1) is 5.41 Å². The van der Waals surface area contributed by atoms with Crippen LogP contribution < -0.4 is 16.4 Å². The Morgan fingerprint density at radius 2 is 2.00 bits per heavy atom. The highest BCUT2D eigenvalue weighted by Crippen LogP contribution is 2.56. The summed E-state index contributed by atoms with van der Waals surface area (Å²) in [7, 11) is 0. The van der Waals surface area contributed by atoms with E-state index in [4.69, 9.17) is 10.5 Å². The average Bonchev–Trinajstić information content (AvgIpc) is 2.98. The molecule has 5 nitrogen and oxygen atoms in total. The van der Waals surface area contributed by atoms with Crippen molar-refractivity contribution in [3.63, 3.8) is 0 Å². The standard InChI is InChI=1S/C15H29N3O2/c1-14(2,3)20-13(19)18-12-10-15(12)6-4-11(5-7-15)17-9-8-16/h11-12,17H,4-10,16H2,1-3H3,(H,18,19). The zero-order valence-corrected chi connectivity index (χ0v) is 13.0. The van der Waals surface area contributed by atoms with Crippen molar-refractivity contribution in [2.45, 2.75) is 70.6 Å². The lowest BCUT2D eigenvalue weighted by Gasteiger charge is -2.30. The molecule has 20 heavy (non-hydrogen) atoms. The zero-order chi connectivity index (χ0) is 14.8. The fraction of sp³-hybridized carbons (Fsp3) is 0.933. The molecule has 2 fully saturated rings. The predicted molar refractivity (Wildman–Crippen MR) is 79.5 cm³/mol. The van der Waals surface area contributed by atoms with Gasteiger partial charge in [-0.15, -0.1) is 0 Å². The molecule has 2 aliphatic rings. The smallest absolute Gasteiger partial charge is 0.407 e. The van der Waals surface area contributed by atoms with Gasteiger partial charge in [0.2, 0.25) is 0 Å². The number of ether oxygens (including phenoxy) is 1. The average molecular weight is 283 g/mol. The molecule has 116 valence electrons. The number of carbonyl (C=O) groups excluding carboxylic acids is 1. The minimum atomic E-state index is -0.421. The van der Waals surface area contributed by atoms with Crippen LogP contribution in [0.2, 0.25) is 0 Å². The highest BCUT2D eigenvalue weighted by atomic mass is 16.6. The van der Waals surface area contributed by atoms with Gasteiger partial charge in [-0.3, -0.25) is 0 Å². The van der Waals surface area contributed by atoms with E-state index >= 15 is 0 Å². The van der Waals surface area contributed by atoms with Gasteiger partial charge >= 0.3 is 6.09 Å². The minimum absolute atomic E-state index is 0.275. The van der Waals surface area contributed by atoms with Gasteiger partial charge in [-0.25, -0.2) is 4.79 Å². The Morgan fingerprint density at radius 3 is 2.55 bits per heavy atom. The quantitative estimate of drug-likeness (QED) is 0.735. The molecule has 0 heterocycles. The van der Waals surface area contributed by atoms with E-state index < -0.39 is 5.60 Å². The summed E-state index contributed by atoms with van der Waals surface area (Å²) in [6.07, 6.45) is 5.59. The molecular weight excluding hydrogens is 254 g/mol. The van der Waals surface area contributed by atoms with E-state index in [-0.39, 0.29) is 6.09 Å². The highest BCUT2D eigenvalue weighted by molar-refractivity contribution is 5.68. The van der Waals surface area contributed by atoms with Crippen molar-refractivity contribution < 1.29 is 9.53 Å². The van der Waals surface area contributed by atoms with E-state index in [1.165, 1.54) is 25.7 Å². The summed E-state index contributed by atoms with van der Waals surface area (Å²) in [5, 5.41) is 6.51. The second kappa shape index (κ2) is 5.90. The lowest BCUT2D eigenvalue weighted by atomic mass is 9.83. The van der Waals surface area contributed by atoms with Crippen molar-refractivity contribution in [2.75, 3.05) is 13.1 Å². The Hall–Kier alpha value is -0.810. The number of carbonyl (C=O) groups is 1. The van der Waals surface area contributed by atoms with E-state index in [0.717, 1.165) is 13.0 Å². The van der Waals surface area contributed by atoms with E-state index in [0.29, 0.717) is 24.0 Å². The number of hydrogen-bond acceptors (Lipinski definition) is 4. The summed E-state index contributed by atoms with van der Waals surface area (Å²) in [5.74, 6) is 0. The second-order valence-electron chi connectivity index (χ2n) is 7.28. The molecule has 2 aliphatic carbocycles. The molecule has 0 aromatic carbocycles. The number of alkyl carbamates (subject to hydrolysis) is 1. The maximum atomic E-state index is 11.8. The number of amides is 1. The fourth-order valence-electron chi connectivity index (χ4n) is 3.24. The normalized spacial score (nSPS) is 33.0. The molecule has 0 aromatic rings. The summed E-state index contributed by atoms with van der Waals surface area (Å²) < 4.78 is 5.32. The molecule has 2 saturated carbocycles. The molecular formula is C15H29N3O2. The predicted octanol–water partition coefficient (Wildman–Crippen LogP) is 1.76. The molecule has 0 aliphatic heterocycles. The summed E-state index contributed by atoms with van der Waals surface area (Å²) in [6, 6.07) is 0.916. The van der Waals surface area contributed by atoms with E-state index in [1.807, 2.05) is 20.8 Å². The first kappa shape index (κ1) is 15.6. The Balaban J connectivity index is 1.71. The van der Waals surface area contributed by atoms with Crippen LogP contribution in [0.5, 0.6) is 0 Å². The maximum Gasteiger partial charge on any atom is 0.407 e. The topological polar surface area (TPSA) is 76.4 Å². The first-order valence-electron chi connectivity index (χ1n) is 7.78. The Labute approximate surface area is 122 Å². The number of hydrogen-bond donors (Lipinski definition) is 3. The molecule has 0 saturated heterocycles. The van der Waals surface area contributed by atoms with Gasteiger partial charge in [0, 0.05) is 25.2 Å². The Kier molecular flexibility index (Phi) is 4.59. The van der Waals surface area contributed by atoms with Crippen LogP contribution in [0.15, 0.2) is 0 Å². The van der Waals surface area contributed by atoms with E-state index in [1.54, 1.807) is 0 Å². The van der Waals surface area contributed by atoms with Crippen LogP contribution in [0.1, 0.15) is 52.9 Å². The summed E-state index contributed by atoms with van der Waals surface area (Å²) >= 11 is 0. The third-order valence-corrected chi connectivity index (χ3v) is 4.44. The largest absolute Gasteiger partial charge is 0.444 e. The van der Waals surface area contributed by atoms with Crippen LogP contribution >= 0.6 is 0 Å². The van der Waals surface area contributed by atoms with Crippen LogP contribution in [0.4, 0.5) is 4.79 Å². The van der Waals surface area contributed by atoms with Crippen LogP contribution in [0.3, 0.4) is 0 Å². The monoisotopic (exact) mass is 283 g/mol. The van der Waals surface area contributed by atoms with Crippen molar-refractivity contribution in [2.24, 2.45) is 11.1 Å². The summed E-state index contributed by atoms with van der Waals surface area (Å²) in [5.41, 5.74) is 5.44. The van der Waals surface area contributed by atoms with Gasteiger partial charge < -0.3 is 21.1 Å². The van der Waals surface area contributed by atoms with E-state index in [2.05, 4.69) is 10.6 Å². The molecule has 1 unspecified atom stereocenters. The minimum Gasteiger partial charge on any atom is -0.444 e. The Bertz CT molecular complexity index is 344. The number of nitrogens with two attached hydrogens (primary N) is 1. The van der Waals surface area contributed by atoms with Crippen molar-refractivity contribution in [1.82, 2.24) is 10.6 Å². The molecule has 0 aromatic heterocycles. The van der Waals surface area contributed by atoms with Gasteiger partial charge in [0.1, 0.15) is 5.60 Å². The molecule has 0 radical (unpaired) electrons. The molecule has 1 spiro atoms. The molecule has 5 heteroatoms. The molecule has 0 bridgehead atoms. The third-order valence-electron chi connectivity index (χ3n) is 4.44. The van der Waals surface area contributed by atoms with Crippen molar-refractivity contribution in [3.8, 4) is 0 Å².